The van der Waals surface area contributed by atoms with Crippen LogP contribution in [-0.2, 0) is 10.0 Å². The number of aromatic amines is 1. The Hall–Kier alpha value is -2.45. The van der Waals surface area contributed by atoms with Crippen molar-refractivity contribution in [2.45, 2.75) is 4.90 Å². The van der Waals surface area contributed by atoms with Crippen LogP contribution in [0.3, 0.4) is 0 Å². The van der Waals surface area contributed by atoms with Gasteiger partial charge in [0.2, 0.25) is 15.6 Å². The molecule has 1 aromatic heterocycles. The molecule has 0 aliphatic rings. The SMILES string of the molecule is NS(=O)(=O)c1ccc(C(=O)O)cc1.O=c1cccc[nH]1. The molecule has 0 fully saturated rings. The van der Waals surface area contributed by atoms with Gasteiger partial charge in [0.1, 0.15) is 0 Å². The predicted molar refractivity (Wildman–Crippen MR) is 71.8 cm³/mol. The third kappa shape index (κ3) is 5.04. The van der Waals surface area contributed by atoms with E-state index >= 15 is 0 Å². The van der Waals surface area contributed by atoms with Crippen molar-refractivity contribution in [3.8, 4) is 0 Å². The van der Waals surface area contributed by atoms with Gasteiger partial charge in [0.05, 0.1) is 10.5 Å². The lowest BCUT2D eigenvalue weighted by Gasteiger charge is -1.97. The van der Waals surface area contributed by atoms with Gasteiger partial charge in [-0.1, -0.05) is 6.07 Å². The van der Waals surface area contributed by atoms with Gasteiger partial charge in [0.25, 0.3) is 0 Å². The van der Waals surface area contributed by atoms with E-state index in [0.717, 1.165) is 12.1 Å². The summed E-state index contributed by atoms with van der Waals surface area (Å²) in [6.45, 7) is 0. The van der Waals surface area contributed by atoms with E-state index < -0.39 is 16.0 Å². The first-order valence-electron chi connectivity index (χ1n) is 5.30. The Kier molecular flexibility index (Phi) is 5.18. The number of nitrogens with two attached hydrogens (primary N) is 1. The number of nitrogens with one attached hydrogen (secondary N) is 1. The third-order valence-corrected chi connectivity index (χ3v) is 3.04. The monoisotopic (exact) mass is 296 g/mol. The van der Waals surface area contributed by atoms with E-state index in [1.807, 2.05) is 0 Å². The number of aromatic nitrogens is 1. The Balaban J connectivity index is 0.000000240. The van der Waals surface area contributed by atoms with Crippen molar-refractivity contribution in [2.24, 2.45) is 5.14 Å². The summed E-state index contributed by atoms with van der Waals surface area (Å²) in [6.07, 6.45) is 1.60. The minimum absolute atomic E-state index is 0.0207. The first kappa shape index (κ1) is 15.6. The maximum absolute atomic E-state index is 10.7. The first-order chi connectivity index (χ1) is 9.30. The number of rotatable bonds is 2. The van der Waals surface area contributed by atoms with E-state index in [0.29, 0.717) is 0 Å². The molecule has 1 aromatic carbocycles. The highest BCUT2D eigenvalue weighted by molar-refractivity contribution is 7.89. The van der Waals surface area contributed by atoms with Gasteiger partial charge >= 0.3 is 5.97 Å². The fraction of sp³-hybridized carbons (Fsp3) is 0. The van der Waals surface area contributed by atoms with Crippen LogP contribution in [0, 0.1) is 0 Å². The quantitative estimate of drug-likeness (QED) is 0.738. The molecular weight excluding hydrogens is 284 g/mol. The van der Waals surface area contributed by atoms with Crippen LogP contribution in [0.1, 0.15) is 10.4 Å². The molecule has 0 amide bonds. The number of primary sulfonamides is 1. The summed E-state index contributed by atoms with van der Waals surface area (Å²) in [7, 11) is -3.74. The average molecular weight is 296 g/mol. The second-order valence-electron chi connectivity index (χ2n) is 3.60. The van der Waals surface area contributed by atoms with Crippen molar-refractivity contribution in [3.63, 3.8) is 0 Å². The molecule has 4 N–H and O–H groups in total. The Labute approximate surface area is 114 Å². The van der Waals surface area contributed by atoms with Crippen molar-refractivity contribution < 1.29 is 18.3 Å². The highest BCUT2D eigenvalue weighted by Crippen LogP contribution is 2.08. The summed E-state index contributed by atoms with van der Waals surface area (Å²) in [6, 6.07) is 9.60. The van der Waals surface area contributed by atoms with E-state index in [1.54, 1.807) is 18.3 Å². The summed E-state index contributed by atoms with van der Waals surface area (Å²) in [5, 5.41) is 13.3. The maximum atomic E-state index is 10.7. The second kappa shape index (κ2) is 6.64. The smallest absolute Gasteiger partial charge is 0.335 e. The number of benzene rings is 1. The van der Waals surface area contributed by atoms with Crippen LogP contribution in [0.2, 0.25) is 0 Å². The number of carboxylic acids is 1. The Morgan fingerprint density at radius 2 is 1.70 bits per heavy atom. The number of H-pyrrole nitrogens is 1. The van der Waals surface area contributed by atoms with E-state index in [-0.39, 0.29) is 16.0 Å². The van der Waals surface area contributed by atoms with Gasteiger partial charge in [-0.3, -0.25) is 4.79 Å². The average Bonchev–Trinajstić information content (AvgIpc) is 2.39. The molecule has 7 nitrogen and oxygen atoms in total. The maximum Gasteiger partial charge on any atom is 0.335 e. The normalized spacial score (nSPS) is 10.2. The Bertz CT molecular complexity index is 717. The van der Waals surface area contributed by atoms with Crippen LogP contribution in [-0.4, -0.2) is 24.5 Å². The molecule has 0 aliphatic carbocycles. The van der Waals surface area contributed by atoms with E-state index in [1.165, 1.54) is 18.2 Å². The molecule has 0 bridgehead atoms. The number of carboxylic acid groups (broad SMARTS) is 1. The molecule has 1 heterocycles. The lowest BCUT2D eigenvalue weighted by Crippen LogP contribution is -2.12. The summed E-state index contributed by atoms with van der Waals surface area (Å²) in [4.78, 5) is 23.0. The molecule has 0 radical (unpaired) electrons. The number of pyridine rings is 1. The van der Waals surface area contributed by atoms with Crippen LogP contribution in [0.15, 0.2) is 58.4 Å². The standard InChI is InChI=1S/C7H7NO4S.C5H5NO/c8-13(11,12)6-3-1-5(2-4-6)7(9)10;7-5-3-1-2-4-6-5/h1-4H,(H,9,10)(H2,8,11,12);1-4H,(H,6,7). The molecule has 0 saturated carbocycles. The van der Waals surface area contributed by atoms with Crippen LogP contribution in [0.5, 0.6) is 0 Å². The van der Waals surface area contributed by atoms with Crippen LogP contribution >= 0.6 is 0 Å². The highest BCUT2D eigenvalue weighted by Gasteiger charge is 2.08. The van der Waals surface area contributed by atoms with Crippen molar-refractivity contribution in [1.29, 1.82) is 0 Å². The summed E-state index contributed by atoms with van der Waals surface area (Å²) in [5.41, 5.74) is -0.0325. The van der Waals surface area contributed by atoms with E-state index in [9.17, 15) is 18.0 Å². The summed E-state index contributed by atoms with van der Waals surface area (Å²) < 4.78 is 21.5. The molecule has 106 valence electrons. The third-order valence-electron chi connectivity index (χ3n) is 2.11. The second-order valence-corrected chi connectivity index (χ2v) is 5.16. The predicted octanol–water partition coefficient (Wildman–Crippen LogP) is 0.407. The minimum atomic E-state index is -3.74. The zero-order valence-electron chi connectivity index (χ0n) is 10.2. The first-order valence-corrected chi connectivity index (χ1v) is 6.85. The fourth-order valence-corrected chi connectivity index (χ4v) is 1.68. The van der Waals surface area contributed by atoms with Gasteiger partial charge < -0.3 is 10.1 Å². The van der Waals surface area contributed by atoms with Crippen molar-refractivity contribution in [1.82, 2.24) is 4.98 Å². The van der Waals surface area contributed by atoms with Crippen molar-refractivity contribution in [3.05, 3.63) is 64.6 Å². The number of hydrogen-bond donors (Lipinski definition) is 3. The summed E-state index contributed by atoms with van der Waals surface area (Å²) >= 11 is 0. The molecule has 2 rings (SSSR count). The minimum Gasteiger partial charge on any atom is -0.478 e. The zero-order chi connectivity index (χ0) is 15.2. The van der Waals surface area contributed by atoms with Gasteiger partial charge in [0.15, 0.2) is 0 Å². The van der Waals surface area contributed by atoms with E-state index in [4.69, 9.17) is 10.2 Å². The molecule has 0 spiro atoms. The highest BCUT2D eigenvalue weighted by atomic mass is 32.2. The van der Waals surface area contributed by atoms with Gasteiger partial charge in [-0.05, 0) is 30.3 Å². The molecule has 0 aliphatic heterocycles. The summed E-state index contributed by atoms with van der Waals surface area (Å²) in [5.74, 6) is -1.11. The molecule has 20 heavy (non-hydrogen) atoms. The van der Waals surface area contributed by atoms with Crippen LogP contribution < -0.4 is 10.7 Å². The molecule has 8 heteroatoms. The molecule has 2 aromatic rings. The van der Waals surface area contributed by atoms with Gasteiger partial charge in [-0.15, -0.1) is 0 Å². The Morgan fingerprint density at radius 3 is 2.00 bits per heavy atom. The van der Waals surface area contributed by atoms with Gasteiger partial charge in [-0.25, -0.2) is 18.4 Å². The van der Waals surface area contributed by atoms with Gasteiger partial charge in [-0.2, -0.15) is 0 Å². The number of carbonyl (C=O) groups is 1. The lowest BCUT2D eigenvalue weighted by molar-refractivity contribution is 0.0696. The number of sulfonamides is 1. The van der Waals surface area contributed by atoms with E-state index in [2.05, 4.69) is 4.98 Å². The fourth-order valence-electron chi connectivity index (χ4n) is 1.16. The lowest BCUT2D eigenvalue weighted by atomic mass is 10.2. The Morgan fingerprint density at radius 1 is 1.10 bits per heavy atom. The topological polar surface area (TPSA) is 130 Å². The zero-order valence-corrected chi connectivity index (χ0v) is 11.0. The largest absolute Gasteiger partial charge is 0.478 e. The number of hydrogen-bond acceptors (Lipinski definition) is 4. The molecule has 0 unspecified atom stereocenters. The van der Waals surface area contributed by atoms with Crippen LogP contribution in [0.4, 0.5) is 0 Å². The van der Waals surface area contributed by atoms with Crippen molar-refractivity contribution >= 4 is 16.0 Å². The molecule has 0 atom stereocenters. The van der Waals surface area contributed by atoms with Gasteiger partial charge in [0, 0.05) is 12.3 Å². The number of aromatic carboxylic acids is 1. The van der Waals surface area contributed by atoms with Crippen molar-refractivity contribution in [2.75, 3.05) is 0 Å². The molecule has 0 saturated heterocycles. The molecular formula is C12H12N2O5S. The van der Waals surface area contributed by atoms with Crippen LogP contribution in [0.25, 0.3) is 0 Å².